The van der Waals surface area contributed by atoms with Crippen LogP contribution < -0.4 is 5.32 Å². The van der Waals surface area contributed by atoms with Crippen LogP contribution in [-0.2, 0) is 11.3 Å². The summed E-state index contributed by atoms with van der Waals surface area (Å²) < 4.78 is 0. The lowest BCUT2D eigenvalue weighted by atomic mass is 9.88. The Hall–Kier alpha value is -2.59. The molecule has 0 saturated heterocycles. The van der Waals surface area contributed by atoms with Gasteiger partial charge in [-0.2, -0.15) is 0 Å². The van der Waals surface area contributed by atoms with E-state index in [1.165, 1.54) is 16.8 Å². The first-order chi connectivity index (χ1) is 14.3. The Morgan fingerprint density at radius 2 is 1.77 bits per heavy atom. The Labute approximate surface area is 181 Å². The minimum atomic E-state index is 0.164. The number of fused-ring (bicyclic) bond motifs is 1. The number of nitrogens with zero attached hydrogens (tertiary/aromatic N) is 2. The summed E-state index contributed by atoms with van der Waals surface area (Å²) in [5.41, 5.74) is 5.98. The van der Waals surface area contributed by atoms with Gasteiger partial charge in [0.25, 0.3) is 0 Å². The standard InChI is InChI=1S/C26H35N3O/c1-19(2)23-12-9-13-24-20(3)16-22(27-26(23)24)17-25(30)29(15-14-28(4)5)18-21-10-7-6-8-11-21/h6-13,16,19-20,27H,14-15,17-18H2,1-5H3. The molecular formula is C26H35N3O. The molecule has 0 aromatic heterocycles. The van der Waals surface area contributed by atoms with E-state index in [-0.39, 0.29) is 5.91 Å². The molecule has 0 fully saturated rings. The fourth-order valence-corrected chi connectivity index (χ4v) is 3.98. The van der Waals surface area contributed by atoms with E-state index < -0.39 is 0 Å². The summed E-state index contributed by atoms with van der Waals surface area (Å²) in [4.78, 5) is 17.4. The van der Waals surface area contributed by atoms with Crippen molar-refractivity contribution in [3.05, 3.63) is 77.0 Å². The van der Waals surface area contributed by atoms with Crippen molar-refractivity contribution in [3.63, 3.8) is 0 Å². The van der Waals surface area contributed by atoms with E-state index in [1.54, 1.807) is 0 Å². The van der Waals surface area contributed by atoms with E-state index in [1.807, 2.05) is 37.2 Å². The number of amides is 1. The topological polar surface area (TPSA) is 35.6 Å². The first kappa shape index (κ1) is 22.1. The summed E-state index contributed by atoms with van der Waals surface area (Å²) in [6.07, 6.45) is 2.60. The second-order valence-corrected chi connectivity index (χ2v) is 8.85. The molecule has 160 valence electrons. The maximum Gasteiger partial charge on any atom is 0.228 e. The van der Waals surface area contributed by atoms with Gasteiger partial charge < -0.3 is 15.1 Å². The molecule has 0 saturated carbocycles. The molecule has 0 bridgehead atoms. The molecule has 3 rings (SSSR count). The van der Waals surface area contributed by atoms with Gasteiger partial charge in [-0.3, -0.25) is 4.79 Å². The molecule has 1 heterocycles. The highest BCUT2D eigenvalue weighted by atomic mass is 16.2. The number of para-hydroxylation sites is 1. The molecule has 1 N–H and O–H groups in total. The highest BCUT2D eigenvalue weighted by molar-refractivity contribution is 5.81. The fourth-order valence-electron chi connectivity index (χ4n) is 3.98. The third-order valence-electron chi connectivity index (χ3n) is 5.71. The number of benzene rings is 2. The second-order valence-electron chi connectivity index (χ2n) is 8.85. The number of anilines is 1. The van der Waals surface area contributed by atoms with Gasteiger partial charge in [0.15, 0.2) is 0 Å². The van der Waals surface area contributed by atoms with E-state index in [2.05, 4.69) is 67.4 Å². The predicted octanol–water partition coefficient (Wildman–Crippen LogP) is 5.20. The fraction of sp³-hybridized carbons (Fsp3) is 0.423. The number of allylic oxidation sites excluding steroid dienone is 1. The highest BCUT2D eigenvalue weighted by Gasteiger charge is 2.23. The molecule has 1 unspecified atom stereocenters. The van der Waals surface area contributed by atoms with Crippen LogP contribution in [0.25, 0.3) is 0 Å². The molecule has 1 atom stereocenters. The van der Waals surface area contributed by atoms with Crippen LogP contribution in [0.2, 0.25) is 0 Å². The zero-order valence-corrected chi connectivity index (χ0v) is 19.0. The average Bonchev–Trinajstić information content (AvgIpc) is 2.71. The van der Waals surface area contributed by atoms with Crippen LogP contribution in [0.15, 0.2) is 60.3 Å². The zero-order valence-electron chi connectivity index (χ0n) is 19.0. The molecule has 0 spiro atoms. The average molecular weight is 406 g/mol. The summed E-state index contributed by atoms with van der Waals surface area (Å²) >= 11 is 0. The second kappa shape index (κ2) is 9.94. The lowest BCUT2D eigenvalue weighted by molar-refractivity contribution is -0.131. The summed E-state index contributed by atoms with van der Waals surface area (Å²) in [6.45, 7) is 8.85. The van der Waals surface area contributed by atoms with Crippen molar-refractivity contribution >= 4 is 11.6 Å². The van der Waals surface area contributed by atoms with Crippen molar-refractivity contribution < 1.29 is 4.79 Å². The predicted molar refractivity (Wildman–Crippen MR) is 126 cm³/mol. The highest BCUT2D eigenvalue weighted by Crippen LogP contribution is 2.38. The van der Waals surface area contributed by atoms with Crippen LogP contribution in [0.1, 0.15) is 55.7 Å². The normalized spacial score (nSPS) is 15.6. The smallest absolute Gasteiger partial charge is 0.228 e. The van der Waals surface area contributed by atoms with Crippen molar-refractivity contribution in [3.8, 4) is 0 Å². The summed E-state index contributed by atoms with van der Waals surface area (Å²) in [5.74, 6) is 0.897. The van der Waals surface area contributed by atoms with Gasteiger partial charge in [-0.1, -0.05) is 75.4 Å². The largest absolute Gasteiger partial charge is 0.358 e. The van der Waals surface area contributed by atoms with E-state index >= 15 is 0 Å². The van der Waals surface area contributed by atoms with Gasteiger partial charge in [-0.25, -0.2) is 0 Å². The van der Waals surface area contributed by atoms with Gasteiger partial charge >= 0.3 is 0 Å². The summed E-state index contributed by atoms with van der Waals surface area (Å²) in [6, 6.07) is 16.8. The van der Waals surface area contributed by atoms with E-state index in [9.17, 15) is 4.79 Å². The first-order valence-electron chi connectivity index (χ1n) is 10.9. The van der Waals surface area contributed by atoms with Crippen LogP contribution in [0.5, 0.6) is 0 Å². The van der Waals surface area contributed by atoms with E-state index in [4.69, 9.17) is 0 Å². The zero-order chi connectivity index (χ0) is 21.7. The molecule has 1 amide bonds. The molecule has 1 aliphatic rings. The lowest BCUT2D eigenvalue weighted by Crippen LogP contribution is -2.37. The molecule has 4 heteroatoms. The van der Waals surface area contributed by atoms with Gasteiger partial charge in [-0.15, -0.1) is 0 Å². The van der Waals surface area contributed by atoms with Gasteiger partial charge in [-0.05, 0) is 36.7 Å². The van der Waals surface area contributed by atoms with Gasteiger partial charge in [0, 0.05) is 36.9 Å². The summed E-state index contributed by atoms with van der Waals surface area (Å²) in [7, 11) is 4.09. The molecule has 30 heavy (non-hydrogen) atoms. The van der Waals surface area contributed by atoms with Gasteiger partial charge in [0.05, 0.1) is 6.42 Å². The van der Waals surface area contributed by atoms with Crippen LogP contribution >= 0.6 is 0 Å². The van der Waals surface area contributed by atoms with Crippen LogP contribution in [0.3, 0.4) is 0 Å². The maximum absolute atomic E-state index is 13.3. The number of carbonyl (C=O) groups is 1. The molecule has 1 aliphatic heterocycles. The number of hydrogen-bond acceptors (Lipinski definition) is 3. The maximum atomic E-state index is 13.3. The Morgan fingerprint density at radius 3 is 2.43 bits per heavy atom. The minimum absolute atomic E-state index is 0.164. The first-order valence-corrected chi connectivity index (χ1v) is 10.9. The monoisotopic (exact) mass is 405 g/mol. The van der Waals surface area contributed by atoms with Crippen molar-refractivity contribution in [1.29, 1.82) is 0 Å². The van der Waals surface area contributed by atoms with Gasteiger partial charge in [0.1, 0.15) is 0 Å². The third kappa shape index (κ3) is 5.51. The Balaban J connectivity index is 1.76. The van der Waals surface area contributed by atoms with Gasteiger partial charge in [0.2, 0.25) is 5.91 Å². The molecular weight excluding hydrogens is 370 g/mol. The lowest BCUT2D eigenvalue weighted by Gasteiger charge is -2.29. The Morgan fingerprint density at radius 1 is 1.03 bits per heavy atom. The number of likely N-dealkylation sites (N-methyl/N-ethyl adjacent to an activating group) is 1. The summed E-state index contributed by atoms with van der Waals surface area (Å²) in [5, 5.41) is 3.60. The van der Waals surface area contributed by atoms with Crippen molar-refractivity contribution in [2.45, 2.75) is 45.6 Å². The SMILES string of the molecule is CC(C)c1cccc2c1NC(CC(=O)N(CCN(C)C)Cc1ccccc1)=CC2C. The van der Waals surface area contributed by atoms with E-state index in [0.717, 1.165) is 24.4 Å². The van der Waals surface area contributed by atoms with Crippen molar-refractivity contribution in [2.24, 2.45) is 0 Å². The van der Waals surface area contributed by atoms with E-state index in [0.29, 0.717) is 24.8 Å². The quantitative estimate of drug-likeness (QED) is 0.655. The molecule has 4 nitrogen and oxygen atoms in total. The Kier molecular flexibility index (Phi) is 7.33. The van der Waals surface area contributed by atoms with Crippen molar-refractivity contribution in [1.82, 2.24) is 9.80 Å². The molecule has 2 aromatic rings. The third-order valence-corrected chi connectivity index (χ3v) is 5.71. The van der Waals surface area contributed by atoms with Crippen molar-refractivity contribution in [2.75, 3.05) is 32.5 Å². The molecule has 2 aromatic carbocycles. The number of hydrogen-bond donors (Lipinski definition) is 1. The number of nitrogens with one attached hydrogen (secondary N) is 1. The van der Waals surface area contributed by atoms with Crippen LogP contribution in [0, 0.1) is 0 Å². The van der Waals surface area contributed by atoms with Crippen LogP contribution in [-0.4, -0.2) is 42.9 Å². The Bertz CT molecular complexity index is 886. The van der Waals surface area contributed by atoms with Crippen LogP contribution in [0.4, 0.5) is 5.69 Å². The molecule has 0 aliphatic carbocycles. The minimum Gasteiger partial charge on any atom is -0.358 e. The molecule has 0 radical (unpaired) electrons. The number of carbonyl (C=O) groups excluding carboxylic acids is 1. The number of rotatable bonds is 8.